The number of benzene rings is 1. The molecule has 1 aromatic heterocycles. The van der Waals surface area contributed by atoms with Gasteiger partial charge in [-0.3, -0.25) is 14.4 Å². The number of carbonyl (C=O) groups is 4. The molecule has 0 saturated heterocycles. The molecule has 29 heavy (non-hydrogen) atoms. The summed E-state index contributed by atoms with van der Waals surface area (Å²) < 4.78 is 0. The molecule has 3 atom stereocenters. The number of aromatic nitrogens is 1. The number of aliphatic carboxylic acids is 1. The number of carboxylic acid groups (broad SMARTS) is 1. The molecular weight excluding hydrogens is 378 g/mol. The van der Waals surface area contributed by atoms with Crippen LogP contribution >= 0.6 is 0 Å². The Morgan fingerprint density at radius 1 is 1.10 bits per heavy atom. The molecule has 0 fully saturated rings. The van der Waals surface area contributed by atoms with E-state index >= 15 is 0 Å². The number of hydrogen-bond donors (Lipinski definition) is 6. The lowest BCUT2D eigenvalue weighted by molar-refractivity contribution is -0.142. The zero-order chi connectivity index (χ0) is 21.6. The third kappa shape index (κ3) is 6.04. The van der Waals surface area contributed by atoms with Crippen LogP contribution in [0.5, 0.6) is 0 Å². The summed E-state index contributed by atoms with van der Waals surface area (Å²) in [5, 5.41) is 15.1. The first-order valence-corrected chi connectivity index (χ1v) is 9.11. The van der Waals surface area contributed by atoms with Gasteiger partial charge in [-0.15, -0.1) is 0 Å². The van der Waals surface area contributed by atoms with E-state index in [1.807, 2.05) is 24.3 Å². The van der Waals surface area contributed by atoms with Crippen molar-refractivity contribution in [2.24, 2.45) is 11.5 Å². The van der Waals surface area contributed by atoms with Gasteiger partial charge in [-0.1, -0.05) is 18.2 Å². The Bertz CT molecular complexity index is 907. The monoisotopic (exact) mass is 403 g/mol. The maximum atomic E-state index is 12.8. The smallest absolute Gasteiger partial charge is 0.326 e. The van der Waals surface area contributed by atoms with Gasteiger partial charge >= 0.3 is 5.97 Å². The highest BCUT2D eigenvalue weighted by molar-refractivity contribution is 5.93. The third-order valence-electron chi connectivity index (χ3n) is 4.44. The van der Waals surface area contributed by atoms with Gasteiger partial charge in [0.25, 0.3) is 0 Å². The Hall–Kier alpha value is -3.40. The van der Waals surface area contributed by atoms with Gasteiger partial charge in [0.15, 0.2) is 0 Å². The largest absolute Gasteiger partial charge is 0.480 e. The van der Waals surface area contributed by atoms with Crippen LogP contribution in [0.4, 0.5) is 0 Å². The second-order valence-electron chi connectivity index (χ2n) is 6.82. The zero-order valence-electron chi connectivity index (χ0n) is 16.0. The molecule has 2 aromatic rings. The van der Waals surface area contributed by atoms with Crippen molar-refractivity contribution < 1.29 is 24.3 Å². The molecule has 1 heterocycles. The molecular formula is C19H25N5O5. The Morgan fingerprint density at radius 2 is 1.76 bits per heavy atom. The van der Waals surface area contributed by atoms with Crippen LogP contribution in [0.1, 0.15) is 25.3 Å². The number of aromatic amines is 1. The highest BCUT2D eigenvalue weighted by atomic mass is 16.4. The van der Waals surface area contributed by atoms with E-state index in [0.29, 0.717) is 0 Å². The average Bonchev–Trinajstić information content (AvgIpc) is 3.06. The second kappa shape index (κ2) is 9.69. The Labute approximate surface area is 167 Å². The van der Waals surface area contributed by atoms with E-state index in [1.165, 1.54) is 6.92 Å². The number of primary amides is 1. The van der Waals surface area contributed by atoms with E-state index < -0.39 is 41.8 Å². The third-order valence-corrected chi connectivity index (χ3v) is 4.44. The lowest BCUT2D eigenvalue weighted by Crippen LogP contribution is -2.54. The SMILES string of the molecule is CC(N)C(=O)NC(Cc1c[nH]c2ccccc12)C(=O)NC(CCC(N)=O)C(=O)O. The molecule has 156 valence electrons. The number of nitrogens with one attached hydrogen (secondary N) is 3. The van der Waals surface area contributed by atoms with Gasteiger partial charge in [0.2, 0.25) is 17.7 Å². The standard InChI is InChI=1S/C19H25N5O5/c1-10(20)17(26)24-15(8-11-9-22-13-5-3-2-4-12(11)13)18(27)23-14(19(28)29)6-7-16(21)25/h2-5,9-10,14-15,22H,6-8,20H2,1H3,(H2,21,25)(H,23,27)(H,24,26)(H,28,29). The van der Waals surface area contributed by atoms with Gasteiger partial charge in [0, 0.05) is 29.9 Å². The Kier molecular flexibility index (Phi) is 7.32. The van der Waals surface area contributed by atoms with Gasteiger partial charge in [-0.05, 0) is 25.0 Å². The molecule has 10 heteroatoms. The van der Waals surface area contributed by atoms with Gasteiger partial charge in [-0.2, -0.15) is 0 Å². The van der Waals surface area contributed by atoms with Crippen LogP contribution < -0.4 is 22.1 Å². The van der Waals surface area contributed by atoms with Crippen molar-refractivity contribution in [2.45, 2.75) is 44.3 Å². The maximum Gasteiger partial charge on any atom is 0.326 e. The van der Waals surface area contributed by atoms with Crippen molar-refractivity contribution in [3.05, 3.63) is 36.0 Å². The van der Waals surface area contributed by atoms with E-state index in [4.69, 9.17) is 11.5 Å². The van der Waals surface area contributed by atoms with Crippen LogP contribution in [-0.2, 0) is 25.6 Å². The van der Waals surface area contributed by atoms with E-state index in [0.717, 1.165) is 16.5 Å². The number of carbonyl (C=O) groups excluding carboxylic acids is 3. The van der Waals surface area contributed by atoms with Crippen molar-refractivity contribution in [3.63, 3.8) is 0 Å². The number of H-pyrrole nitrogens is 1. The van der Waals surface area contributed by atoms with E-state index in [1.54, 1.807) is 6.20 Å². The van der Waals surface area contributed by atoms with Crippen LogP contribution in [0.25, 0.3) is 10.9 Å². The van der Waals surface area contributed by atoms with Crippen LogP contribution in [0.15, 0.2) is 30.5 Å². The maximum absolute atomic E-state index is 12.8. The minimum Gasteiger partial charge on any atom is -0.480 e. The Morgan fingerprint density at radius 3 is 2.38 bits per heavy atom. The summed E-state index contributed by atoms with van der Waals surface area (Å²) in [6, 6.07) is 4.24. The number of para-hydroxylation sites is 1. The summed E-state index contributed by atoms with van der Waals surface area (Å²) in [4.78, 5) is 50.3. The van der Waals surface area contributed by atoms with Crippen molar-refractivity contribution in [1.82, 2.24) is 15.6 Å². The number of nitrogens with two attached hydrogens (primary N) is 2. The zero-order valence-corrected chi connectivity index (χ0v) is 16.0. The molecule has 1 aromatic carbocycles. The molecule has 3 amide bonds. The summed E-state index contributed by atoms with van der Waals surface area (Å²) in [7, 11) is 0. The number of rotatable bonds is 10. The van der Waals surface area contributed by atoms with E-state index in [9.17, 15) is 24.3 Å². The van der Waals surface area contributed by atoms with Crippen molar-refractivity contribution in [1.29, 1.82) is 0 Å². The van der Waals surface area contributed by atoms with Crippen molar-refractivity contribution in [3.8, 4) is 0 Å². The average molecular weight is 403 g/mol. The fourth-order valence-electron chi connectivity index (χ4n) is 2.85. The molecule has 10 nitrogen and oxygen atoms in total. The highest BCUT2D eigenvalue weighted by Crippen LogP contribution is 2.19. The summed E-state index contributed by atoms with van der Waals surface area (Å²) >= 11 is 0. The summed E-state index contributed by atoms with van der Waals surface area (Å²) in [6.07, 6.45) is 1.50. The fourth-order valence-corrected chi connectivity index (χ4v) is 2.85. The molecule has 0 aliphatic carbocycles. The lowest BCUT2D eigenvalue weighted by Gasteiger charge is -2.22. The van der Waals surface area contributed by atoms with Crippen LogP contribution in [-0.4, -0.2) is 51.9 Å². The van der Waals surface area contributed by atoms with Crippen LogP contribution in [0.2, 0.25) is 0 Å². The molecule has 8 N–H and O–H groups in total. The summed E-state index contributed by atoms with van der Waals surface area (Å²) in [6.45, 7) is 1.48. The predicted octanol–water partition coefficient (Wildman–Crippen LogP) is -0.623. The predicted molar refractivity (Wildman–Crippen MR) is 106 cm³/mol. The first-order valence-electron chi connectivity index (χ1n) is 9.11. The molecule has 3 unspecified atom stereocenters. The van der Waals surface area contributed by atoms with Gasteiger partial charge < -0.3 is 32.2 Å². The molecule has 0 radical (unpaired) electrons. The normalized spacial score (nSPS) is 14.0. The summed E-state index contributed by atoms with van der Waals surface area (Å²) in [5.74, 6) is -3.22. The van der Waals surface area contributed by atoms with Crippen molar-refractivity contribution >= 4 is 34.6 Å². The number of carboxylic acids is 1. The molecule has 0 aliphatic heterocycles. The topological polar surface area (TPSA) is 180 Å². The molecule has 0 aliphatic rings. The summed E-state index contributed by atoms with van der Waals surface area (Å²) in [5.41, 5.74) is 12.3. The highest BCUT2D eigenvalue weighted by Gasteiger charge is 2.28. The van der Waals surface area contributed by atoms with Gasteiger partial charge in [0.05, 0.1) is 6.04 Å². The fraction of sp³-hybridized carbons (Fsp3) is 0.368. The van der Waals surface area contributed by atoms with Crippen LogP contribution in [0.3, 0.4) is 0 Å². The molecule has 2 rings (SSSR count). The second-order valence-corrected chi connectivity index (χ2v) is 6.82. The first-order chi connectivity index (χ1) is 13.7. The molecule has 0 saturated carbocycles. The van der Waals surface area contributed by atoms with E-state index in [-0.39, 0.29) is 19.3 Å². The first kappa shape index (κ1) is 21.9. The van der Waals surface area contributed by atoms with Gasteiger partial charge in [0.1, 0.15) is 12.1 Å². The number of hydrogen-bond acceptors (Lipinski definition) is 5. The number of amides is 3. The minimum atomic E-state index is -1.31. The quantitative estimate of drug-likeness (QED) is 0.307. The minimum absolute atomic E-state index is 0.121. The Balaban J connectivity index is 2.21. The number of fused-ring (bicyclic) bond motifs is 1. The van der Waals surface area contributed by atoms with Crippen molar-refractivity contribution in [2.75, 3.05) is 0 Å². The lowest BCUT2D eigenvalue weighted by atomic mass is 10.0. The molecule has 0 spiro atoms. The molecule has 0 bridgehead atoms. The van der Waals surface area contributed by atoms with Crippen LogP contribution in [0, 0.1) is 0 Å². The van der Waals surface area contributed by atoms with Gasteiger partial charge in [-0.25, -0.2) is 4.79 Å². The van der Waals surface area contributed by atoms with E-state index in [2.05, 4.69) is 15.6 Å².